The molecule has 0 aromatic heterocycles. The fourth-order valence-electron chi connectivity index (χ4n) is 1.36. The molecule has 0 bridgehead atoms. The molecule has 19 heavy (non-hydrogen) atoms. The maximum Gasteiger partial charge on any atom is 0.417 e. The van der Waals surface area contributed by atoms with Gasteiger partial charge in [-0.2, -0.15) is 13.2 Å². The summed E-state index contributed by atoms with van der Waals surface area (Å²) in [7, 11) is 0. The van der Waals surface area contributed by atoms with Gasteiger partial charge in [-0.15, -0.1) is 0 Å². The minimum atomic E-state index is -4.66. The quantitative estimate of drug-likeness (QED) is 0.485. The number of rotatable bonds is 4. The molecule has 0 unspecified atom stereocenters. The Morgan fingerprint density at radius 2 is 1.95 bits per heavy atom. The minimum Gasteiger partial charge on any atom is -0.466 e. The van der Waals surface area contributed by atoms with E-state index in [-0.39, 0.29) is 12.2 Å². The minimum absolute atomic E-state index is 0.0978. The van der Waals surface area contributed by atoms with Crippen LogP contribution in [0.2, 0.25) is 5.02 Å². The highest BCUT2D eigenvalue weighted by Gasteiger charge is 2.33. The Bertz CT molecular complexity index is 497. The third-order valence-electron chi connectivity index (χ3n) is 2.20. The van der Waals surface area contributed by atoms with Gasteiger partial charge in [0, 0.05) is 5.56 Å². The van der Waals surface area contributed by atoms with Gasteiger partial charge in [-0.3, -0.25) is 9.59 Å². The maximum absolute atomic E-state index is 12.6. The van der Waals surface area contributed by atoms with E-state index in [1.54, 1.807) is 6.92 Å². The highest BCUT2D eigenvalue weighted by molar-refractivity contribution is 6.31. The molecule has 0 heterocycles. The van der Waals surface area contributed by atoms with Gasteiger partial charge in [-0.05, 0) is 25.1 Å². The van der Waals surface area contributed by atoms with Crippen molar-refractivity contribution in [2.45, 2.75) is 19.5 Å². The van der Waals surface area contributed by atoms with Crippen molar-refractivity contribution < 1.29 is 27.5 Å². The monoisotopic (exact) mass is 294 g/mol. The summed E-state index contributed by atoms with van der Waals surface area (Å²) in [6.07, 6.45) is -5.26. The number of hydrogen-bond acceptors (Lipinski definition) is 3. The first-order valence-corrected chi connectivity index (χ1v) is 5.69. The van der Waals surface area contributed by atoms with E-state index in [9.17, 15) is 22.8 Å². The lowest BCUT2D eigenvalue weighted by molar-refractivity contribution is -0.142. The lowest BCUT2D eigenvalue weighted by Gasteiger charge is -2.10. The van der Waals surface area contributed by atoms with Crippen LogP contribution in [-0.4, -0.2) is 18.4 Å². The van der Waals surface area contributed by atoms with E-state index in [1.807, 2.05) is 0 Å². The molecule has 0 spiro atoms. The highest BCUT2D eigenvalue weighted by Crippen LogP contribution is 2.35. The molecule has 0 aliphatic heterocycles. The van der Waals surface area contributed by atoms with Gasteiger partial charge in [0.1, 0.15) is 6.42 Å². The predicted molar refractivity (Wildman–Crippen MR) is 62.0 cm³/mol. The van der Waals surface area contributed by atoms with Crippen LogP contribution in [0.3, 0.4) is 0 Å². The van der Waals surface area contributed by atoms with Crippen LogP contribution in [-0.2, 0) is 15.7 Å². The largest absolute Gasteiger partial charge is 0.466 e. The average Bonchev–Trinajstić information content (AvgIpc) is 2.27. The molecule has 0 fully saturated rings. The fraction of sp³-hybridized carbons (Fsp3) is 0.333. The summed E-state index contributed by atoms with van der Waals surface area (Å²) in [5.41, 5.74) is -1.34. The fourth-order valence-corrected chi connectivity index (χ4v) is 1.59. The number of carbonyl (C=O) groups is 2. The Kier molecular flexibility index (Phi) is 4.94. The van der Waals surface area contributed by atoms with Crippen molar-refractivity contribution in [2.75, 3.05) is 6.61 Å². The Labute approximate surface area is 112 Å². The smallest absolute Gasteiger partial charge is 0.417 e. The Hall–Kier alpha value is -1.56. The average molecular weight is 295 g/mol. The van der Waals surface area contributed by atoms with Crippen molar-refractivity contribution in [3.63, 3.8) is 0 Å². The number of ether oxygens (including phenoxy) is 1. The maximum atomic E-state index is 12.6. The number of esters is 1. The van der Waals surface area contributed by atoms with Gasteiger partial charge in [0.2, 0.25) is 0 Å². The number of hydrogen-bond donors (Lipinski definition) is 0. The summed E-state index contributed by atoms with van der Waals surface area (Å²) in [4.78, 5) is 22.7. The van der Waals surface area contributed by atoms with Crippen LogP contribution in [0.5, 0.6) is 0 Å². The van der Waals surface area contributed by atoms with Crippen molar-refractivity contribution in [1.29, 1.82) is 0 Å². The van der Waals surface area contributed by atoms with Gasteiger partial charge in [-0.1, -0.05) is 11.6 Å². The molecule has 0 aliphatic rings. The Balaban J connectivity index is 2.96. The second-order valence-corrected chi connectivity index (χ2v) is 4.00. The second kappa shape index (κ2) is 6.06. The summed E-state index contributed by atoms with van der Waals surface area (Å²) < 4.78 is 42.3. The summed E-state index contributed by atoms with van der Waals surface area (Å²) in [5.74, 6) is -1.53. The molecular formula is C12H10ClF3O3. The van der Waals surface area contributed by atoms with Gasteiger partial charge in [-0.25, -0.2) is 0 Å². The van der Waals surface area contributed by atoms with Crippen LogP contribution >= 0.6 is 11.6 Å². The molecule has 0 amide bonds. The lowest BCUT2D eigenvalue weighted by atomic mass is 10.0. The topological polar surface area (TPSA) is 43.4 Å². The molecule has 0 saturated carbocycles. The zero-order valence-electron chi connectivity index (χ0n) is 9.88. The molecule has 0 N–H and O–H groups in total. The Morgan fingerprint density at radius 3 is 2.47 bits per heavy atom. The van der Waals surface area contributed by atoms with E-state index >= 15 is 0 Å². The number of Topliss-reactive ketones (excluding diaryl/α,β-unsaturated/α-hetero) is 1. The predicted octanol–water partition coefficient (Wildman–Crippen LogP) is 3.49. The summed E-state index contributed by atoms with van der Waals surface area (Å²) in [6, 6.07) is 2.74. The number of benzene rings is 1. The van der Waals surface area contributed by atoms with Crippen LogP contribution in [0.4, 0.5) is 13.2 Å². The molecular weight excluding hydrogens is 285 g/mol. The molecule has 1 aromatic carbocycles. The summed E-state index contributed by atoms with van der Waals surface area (Å²) in [6.45, 7) is 1.66. The van der Waals surface area contributed by atoms with Crippen molar-refractivity contribution in [1.82, 2.24) is 0 Å². The van der Waals surface area contributed by atoms with Gasteiger partial charge in [0.15, 0.2) is 5.78 Å². The number of carbonyl (C=O) groups excluding carboxylic acids is 2. The van der Waals surface area contributed by atoms with E-state index in [4.69, 9.17) is 11.6 Å². The van der Waals surface area contributed by atoms with Gasteiger partial charge in [0.25, 0.3) is 0 Å². The molecule has 104 valence electrons. The van der Waals surface area contributed by atoms with Gasteiger partial charge < -0.3 is 4.74 Å². The molecule has 3 nitrogen and oxygen atoms in total. The zero-order chi connectivity index (χ0) is 14.6. The van der Waals surface area contributed by atoms with Gasteiger partial charge in [0.05, 0.1) is 17.2 Å². The SMILES string of the molecule is CCOC(=O)CC(=O)c1ccc(Cl)c(C(F)(F)F)c1. The van der Waals surface area contributed by atoms with Crippen molar-refractivity contribution in [3.8, 4) is 0 Å². The standard InChI is InChI=1S/C12H10ClF3O3/c1-2-19-11(18)6-10(17)7-3-4-9(13)8(5-7)12(14,15)16/h3-5H,2,6H2,1H3. The highest BCUT2D eigenvalue weighted by atomic mass is 35.5. The van der Waals surface area contributed by atoms with Crippen LogP contribution in [0, 0.1) is 0 Å². The summed E-state index contributed by atoms with van der Waals surface area (Å²) in [5, 5.41) is -0.500. The number of halogens is 4. The van der Waals surface area contributed by atoms with Crippen LogP contribution in [0.15, 0.2) is 18.2 Å². The van der Waals surface area contributed by atoms with Crippen molar-refractivity contribution in [2.24, 2.45) is 0 Å². The molecule has 1 aromatic rings. The van der Waals surface area contributed by atoms with E-state index in [2.05, 4.69) is 4.74 Å². The zero-order valence-corrected chi connectivity index (χ0v) is 10.6. The first-order valence-electron chi connectivity index (χ1n) is 5.31. The normalized spacial score (nSPS) is 11.2. The second-order valence-electron chi connectivity index (χ2n) is 3.60. The van der Waals surface area contributed by atoms with E-state index in [0.29, 0.717) is 6.07 Å². The first-order chi connectivity index (χ1) is 8.75. The van der Waals surface area contributed by atoms with E-state index in [1.165, 1.54) is 0 Å². The molecule has 0 saturated heterocycles. The molecule has 0 radical (unpaired) electrons. The molecule has 0 atom stereocenters. The number of alkyl halides is 3. The third-order valence-corrected chi connectivity index (χ3v) is 2.53. The van der Waals surface area contributed by atoms with Crippen LogP contribution in [0.1, 0.15) is 29.3 Å². The molecule has 7 heteroatoms. The van der Waals surface area contributed by atoms with Crippen LogP contribution < -0.4 is 0 Å². The van der Waals surface area contributed by atoms with Crippen LogP contribution in [0.25, 0.3) is 0 Å². The molecule has 0 aliphatic carbocycles. The molecule has 1 rings (SSSR count). The first kappa shape index (κ1) is 15.5. The van der Waals surface area contributed by atoms with Crippen molar-refractivity contribution >= 4 is 23.4 Å². The summed E-state index contributed by atoms with van der Waals surface area (Å²) >= 11 is 5.42. The van der Waals surface area contributed by atoms with Crippen molar-refractivity contribution in [3.05, 3.63) is 34.3 Å². The van der Waals surface area contributed by atoms with E-state index < -0.39 is 34.9 Å². The van der Waals surface area contributed by atoms with Gasteiger partial charge >= 0.3 is 12.1 Å². The van der Waals surface area contributed by atoms with E-state index in [0.717, 1.165) is 12.1 Å². The third kappa shape index (κ3) is 4.24. The number of ketones is 1. The lowest BCUT2D eigenvalue weighted by Crippen LogP contribution is -2.13. The Morgan fingerprint density at radius 1 is 1.32 bits per heavy atom.